The maximum absolute atomic E-state index is 4.86. The number of rotatable bonds is 2. The Morgan fingerprint density at radius 1 is 1.28 bits per heavy atom. The van der Waals surface area contributed by atoms with Crippen molar-refractivity contribution in [2.24, 2.45) is 5.92 Å². The monoisotopic (exact) mass is 247 g/mol. The summed E-state index contributed by atoms with van der Waals surface area (Å²) in [6.45, 7) is 4.84. The largest absolute Gasteiger partial charge is 0.332 e. The van der Waals surface area contributed by atoms with Gasteiger partial charge in [-0.3, -0.25) is 0 Å². The standard InChI is InChI=1S/C15H25N3/c1-12-4-3-5-15-16-14(11-18(12)15)10-13-6-8-17(2)9-7-13/h11-13H,3-10H2,1-2H3. The van der Waals surface area contributed by atoms with E-state index in [1.54, 1.807) is 0 Å². The molecule has 3 heteroatoms. The minimum atomic E-state index is 0.660. The van der Waals surface area contributed by atoms with E-state index >= 15 is 0 Å². The second-order valence-electron chi connectivity index (χ2n) is 6.25. The van der Waals surface area contributed by atoms with E-state index in [1.807, 2.05) is 0 Å². The average molecular weight is 247 g/mol. The van der Waals surface area contributed by atoms with Crippen molar-refractivity contribution in [2.45, 2.75) is 51.5 Å². The summed E-state index contributed by atoms with van der Waals surface area (Å²) in [7, 11) is 2.23. The molecule has 2 aliphatic rings. The van der Waals surface area contributed by atoms with Crippen molar-refractivity contribution in [3.8, 4) is 0 Å². The second-order valence-corrected chi connectivity index (χ2v) is 6.25. The number of aromatic nitrogens is 2. The van der Waals surface area contributed by atoms with Crippen LogP contribution in [-0.2, 0) is 12.8 Å². The molecule has 0 amide bonds. The molecule has 1 aromatic rings. The first-order valence-corrected chi connectivity index (χ1v) is 7.47. The first kappa shape index (κ1) is 12.2. The number of hydrogen-bond donors (Lipinski definition) is 0. The quantitative estimate of drug-likeness (QED) is 0.801. The van der Waals surface area contributed by atoms with E-state index < -0.39 is 0 Å². The number of imidazole rings is 1. The summed E-state index contributed by atoms with van der Waals surface area (Å²) in [5.41, 5.74) is 1.34. The van der Waals surface area contributed by atoms with Crippen LogP contribution in [0.15, 0.2) is 6.20 Å². The Labute approximate surface area is 110 Å². The fraction of sp³-hybridized carbons (Fsp3) is 0.800. The van der Waals surface area contributed by atoms with Crippen molar-refractivity contribution in [1.82, 2.24) is 14.5 Å². The Bertz CT molecular complexity index is 402. The van der Waals surface area contributed by atoms with Crippen molar-refractivity contribution in [3.05, 3.63) is 17.7 Å². The zero-order valence-electron chi connectivity index (χ0n) is 11.7. The highest BCUT2D eigenvalue weighted by Crippen LogP contribution is 2.26. The van der Waals surface area contributed by atoms with E-state index in [-0.39, 0.29) is 0 Å². The molecule has 0 spiro atoms. The molecule has 0 N–H and O–H groups in total. The highest BCUT2D eigenvalue weighted by atomic mass is 15.1. The van der Waals surface area contributed by atoms with Gasteiger partial charge in [0, 0.05) is 18.7 Å². The Hall–Kier alpha value is -0.830. The highest BCUT2D eigenvalue weighted by molar-refractivity contribution is 5.09. The average Bonchev–Trinajstić information content (AvgIpc) is 2.76. The van der Waals surface area contributed by atoms with E-state index in [9.17, 15) is 0 Å². The summed E-state index contributed by atoms with van der Waals surface area (Å²) >= 11 is 0. The second kappa shape index (κ2) is 5.04. The molecule has 3 nitrogen and oxygen atoms in total. The van der Waals surface area contributed by atoms with Gasteiger partial charge in [0.15, 0.2) is 0 Å². The molecule has 1 unspecified atom stereocenters. The van der Waals surface area contributed by atoms with Crippen molar-refractivity contribution in [3.63, 3.8) is 0 Å². The van der Waals surface area contributed by atoms with Crippen LogP contribution in [0.3, 0.4) is 0 Å². The number of hydrogen-bond acceptors (Lipinski definition) is 2. The first-order valence-electron chi connectivity index (χ1n) is 7.47. The third-order valence-corrected chi connectivity index (χ3v) is 4.69. The normalized spacial score (nSPS) is 26.2. The third-order valence-electron chi connectivity index (χ3n) is 4.69. The molecule has 0 radical (unpaired) electrons. The van der Waals surface area contributed by atoms with Crippen molar-refractivity contribution in [1.29, 1.82) is 0 Å². The Balaban J connectivity index is 1.66. The predicted molar refractivity (Wildman–Crippen MR) is 73.8 cm³/mol. The fourth-order valence-electron chi connectivity index (χ4n) is 3.41. The van der Waals surface area contributed by atoms with Crippen molar-refractivity contribution < 1.29 is 0 Å². The van der Waals surface area contributed by atoms with Crippen molar-refractivity contribution >= 4 is 0 Å². The van der Waals surface area contributed by atoms with Crippen molar-refractivity contribution in [2.75, 3.05) is 20.1 Å². The Morgan fingerprint density at radius 2 is 2.06 bits per heavy atom. The number of likely N-dealkylation sites (tertiary alicyclic amines) is 1. The molecule has 0 saturated carbocycles. The van der Waals surface area contributed by atoms with Gasteiger partial charge >= 0.3 is 0 Å². The molecule has 0 aromatic carbocycles. The predicted octanol–water partition coefficient (Wildman–Crippen LogP) is 2.66. The maximum atomic E-state index is 4.86. The summed E-state index contributed by atoms with van der Waals surface area (Å²) < 4.78 is 2.42. The maximum Gasteiger partial charge on any atom is 0.109 e. The molecule has 1 saturated heterocycles. The van der Waals surface area contributed by atoms with E-state index in [4.69, 9.17) is 4.98 Å². The molecule has 3 heterocycles. The van der Waals surface area contributed by atoms with Gasteiger partial charge in [-0.1, -0.05) is 0 Å². The summed E-state index contributed by atoms with van der Waals surface area (Å²) in [5, 5.41) is 0. The van der Waals surface area contributed by atoms with Gasteiger partial charge in [-0.05, 0) is 65.1 Å². The van der Waals surface area contributed by atoms with E-state index in [2.05, 4.69) is 29.6 Å². The van der Waals surface area contributed by atoms with E-state index in [0.29, 0.717) is 6.04 Å². The highest BCUT2D eigenvalue weighted by Gasteiger charge is 2.21. The van der Waals surface area contributed by atoms with Gasteiger partial charge in [-0.15, -0.1) is 0 Å². The van der Waals surface area contributed by atoms with Gasteiger partial charge in [0.05, 0.1) is 5.69 Å². The lowest BCUT2D eigenvalue weighted by molar-refractivity contribution is 0.218. The van der Waals surface area contributed by atoms with Crippen LogP contribution in [0.4, 0.5) is 0 Å². The SMILES string of the molecule is CC1CCCc2nc(CC3CCN(C)CC3)cn21. The van der Waals surface area contributed by atoms with Gasteiger partial charge in [0.25, 0.3) is 0 Å². The molecule has 0 aliphatic carbocycles. The van der Waals surface area contributed by atoms with Crippen LogP contribution in [0.25, 0.3) is 0 Å². The van der Waals surface area contributed by atoms with Gasteiger partial charge in [-0.2, -0.15) is 0 Å². The number of aryl methyl sites for hydroxylation is 1. The summed E-state index contributed by atoms with van der Waals surface area (Å²) in [6, 6.07) is 0.660. The first-order chi connectivity index (χ1) is 8.72. The number of nitrogens with zero attached hydrogens (tertiary/aromatic N) is 3. The molecule has 3 rings (SSSR count). The van der Waals surface area contributed by atoms with E-state index in [1.165, 1.54) is 63.1 Å². The van der Waals surface area contributed by atoms with Gasteiger partial charge in [0.2, 0.25) is 0 Å². The van der Waals surface area contributed by atoms with Crippen LogP contribution in [0.5, 0.6) is 0 Å². The van der Waals surface area contributed by atoms with Crippen LogP contribution < -0.4 is 0 Å². The smallest absolute Gasteiger partial charge is 0.109 e. The molecule has 1 atom stereocenters. The summed E-state index contributed by atoms with van der Waals surface area (Å²) in [4.78, 5) is 7.30. The molecular formula is C15H25N3. The van der Waals surface area contributed by atoms with Crippen LogP contribution in [0.1, 0.15) is 50.2 Å². The van der Waals surface area contributed by atoms with Crippen LogP contribution >= 0.6 is 0 Å². The number of fused-ring (bicyclic) bond motifs is 1. The summed E-state index contributed by atoms with van der Waals surface area (Å²) in [6.07, 6.45) is 10.0. The molecule has 18 heavy (non-hydrogen) atoms. The van der Waals surface area contributed by atoms with Gasteiger partial charge < -0.3 is 9.47 Å². The fourth-order valence-corrected chi connectivity index (χ4v) is 3.41. The lowest BCUT2D eigenvalue weighted by atomic mass is 9.93. The molecule has 2 aliphatic heterocycles. The topological polar surface area (TPSA) is 21.1 Å². The molecule has 100 valence electrons. The zero-order valence-corrected chi connectivity index (χ0v) is 11.7. The van der Waals surface area contributed by atoms with E-state index in [0.717, 1.165) is 5.92 Å². The minimum absolute atomic E-state index is 0.660. The molecular weight excluding hydrogens is 222 g/mol. The molecule has 0 bridgehead atoms. The molecule has 1 aromatic heterocycles. The lowest BCUT2D eigenvalue weighted by Crippen LogP contribution is -2.31. The number of piperidine rings is 1. The van der Waals surface area contributed by atoms with Gasteiger partial charge in [-0.25, -0.2) is 4.98 Å². The van der Waals surface area contributed by atoms with Crippen LogP contribution in [0.2, 0.25) is 0 Å². The minimum Gasteiger partial charge on any atom is -0.332 e. The Kier molecular flexibility index (Phi) is 3.42. The lowest BCUT2D eigenvalue weighted by Gasteiger charge is -2.28. The van der Waals surface area contributed by atoms with Crippen LogP contribution in [0, 0.1) is 5.92 Å². The molecule has 1 fully saturated rings. The summed E-state index contributed by atoms with van der Waals surface area (Å²) in [5.74, 6) is 2.19. The third kappa shape index (κ3) is 2.46. The Morgan fingerprint density at radius 3 is 2.78 bits per heavy atom. The van der Waals surface area contributed by atoms with Crippen LogP contribution in [-0.4, -0.2) is 34.6 Å². The van der Waals surface area contributed by atoms with Gasteiger partial charge in [0.1, 0.15) is 5.82 Å². The zero-order chi connectivity index (χ0) is 12.5.